The Kier molecular flexibility index (Phi) is 5.81. The van der Waals surface area contributed by atoms with E-state index in [1.807, 2.05) is 6.92 Å². The molecule has 0 aliphatic rings. The highest BCUT2D eigenvalue weighted by atomic mass is 19.1. The lowest BCUT2D eigenvalue weighted by molar-refractivity contribution is 0.0372. The molecule has 1 aromatic heterocycles. The first-order valence-corrected chi connectivity index (χ1v) is 7.66. The number of carbonyl (C=O) groups excluding carboxylic acids is 1. The summed E-state index contributed by atoms with van der Waals surface area (Å²) in [6.07, 6.45) is 2.20. The van der Waals surface area contributed by atoms with E-state index >= 15 is 0 Å². The fourth-order valence-corrected chi connectivity index (χ4v) is 2.02. The summed E-state index contributed by atoms with van der Waals surface area (Å²) in [5.41, 5.74) is -0.995. The molecule has 1 heterocycles. The van der Waals surface area contributed by atoms with Gasteiger partial charge in [-0.05, 0) is 37.6 Å². The molecule has 2 amide bonds. The quantitative estimate of drug-likeness (QED) is 0.725. The summed E-state index contributed by atoms with van der Waals surface area (Å²) in [4.78, 5) is 12.0. The van der Waals surface area contributed by atoms with Crippen molar-refractivity contribution in [3.63, 3.8) is 0 Å². The largest absolute Gasteiger partial charge is 0.491 e. The van der Waals surface area contributed by atoms with E-state index in [1.165, 1.54) is 31.4 Å². The molecule has 3 N–H and O–H groups in total. The topological polar surface area (TPSA) is 83.7 Å². The van der Waals surface area contributed by atoms with Crippen LogP contribution in [0.1, 0.15) is 26.0 Å². The minimum absolute atomic E-state index is 0.0569. The Morgan fingerprint density at radius 2 is 2.21 bits per heavy atom. The second-order valence-electron chi connectivity index (χ2n) is 5.55. The average molecular weight is 336 g/mol. The average Bonchev–Trinajstić information content (AvgIpc) is 3.08. The molecule has 0 fully saturated rings. The van der Waals surface area contributed by atoms with Gasteiger partial charge in [-0.3, -0.25) is 0 Å². The van der Waals surface area contributed by atoms with Crippen LogP contribution in [-0.4, -0.2) is 24.3 Å². The molecule has 1 unspecified atom stereocenters. The highest BCUT2D eigenvalue weighted by molar-refractivity contribution is 5.90. The SMILES string of the molecule is CCCOc1cc(F)ccc1NC(=O)NCC(C)(O)c1ccco1. The third kappa shape index (κ3) is 4.73. The molecule has 0 radical (unpaired) electrons. The Labute approximate surface area is 139 Å². The third-order valence-electron chi connectivity index (χ3n) is 3.30. The molecule has 2 aromatic rings. The molecule has 0 saturated carbocycles. The van der Waals surface area contributed by atoms with Crippen molar-refractivity contribution in [1.29, 1.82) is 0 Å². The van der Waals surface area contributed by atoms with Gasteiger partial charge in [-0.2, -0.15) is 0 Å². The molecule has 6 nitrogen and oxygen atoms in total. The normalized spacial score (nSPS) is 13.2. The number of urea groups is 1. The minimum Gasteiger partial charge on any atom is -0.491 e. The van der Waals surface area contributed by atoms with Crippen LogP contribution in [0, 0.1) is 5.82 Å². The number of anilines is 1. The van der Waals surface area contributed by atoms with E-state index in [2.05, 4.69) is 10.6 Å². The summed E-state index contributed by atoms with van der Waals surface area (Å²) >= 11 is 0. The molecule has 1 atom stereocenters. The van der Waals surface area contributed by atoms with Crippen LogP contribution in [0.15, 0.2) is 41.0 Å². The number of amides is 2. The maximum Gasteiger partial charge on any atom is 0.319 e. The highest BCUT2D eigenvalue weighted by Gasteiger charge is 2.26. The zero-order chi connectivity index (χ0) is 17.6. The van der Waals surface area contributed by atoms with Crippen LogP contribution in [-0.2, 0) is 5.60 Å². The maximum atomic E-state index is 13.3. The molecular weight excluding hydrogens is 315 g/mol. The lowest BCUT2D eigenvalue weighted by Gasteiger charge is -2.21. The van der Waals surface area contributed by atoms with E-state index in [0.717, 1.165) is 6.42 Å². The van der Waals surface area contributed by atoms with Gasteiger partial charge >= 0.3 is 6.03 Å². The van der Waals surface area contributed by atoms with Crippen LogP contribution in [0.5, 0.6) is 5.75 Å². The van der Waals surface area contributed by atoms with Crippen molar-refractivity contribution in [2.45, 2.75) is 25.9 Å². The Balaban J connectivity index is 1.97. The summed E-state index contributed by atoms with van der Waals surface area (Å²) in [5, 5.41) is 15.4. The molecule has 0 aliphatic heterocycles. The third-order valence-corrected chi connectivity index (χ3v) is 3.30. The van der Waals surface area contributed by atoms with Gasteiger partial charge < -0.3 is 24.9 Å². The van der Waals surface area contributed by atoms with Gasteiger partial charge in [-0.25, -0.2) is 9.18 Å². The Morgan fingerprint density at radius 3 is 2.88 bits per heavy atom. The van der Waals surface area contributed by atoms with E-state index in [1.54, 1.807) is 12.1 Å². The van der Waals surface area contributed by atoms with Crippen LogP contribution < -0.4 is 15.4 Å². The van der Waals surface area contributed by atoms with Gasteiger partial charge in [-0.15, -0.1) is 0 Å². The lowest BCUT2D eigenvalue weighted by atomic mass is 10.0. The van der Waals surface area contributed by atoms with Crippen molar-refractivity contribution in [3.05, 3.63) is 48.2 Å². The van der Waals surface area contributed by atoms with Crippen LogP contribution in [0.4, 0.5) is 14.9 Å². The van der Waals surface area contributed by atoms with E-state index in [9.17, 15) is 14.3 Å². The lowest BCUT2D eigenvalue weighted by Crippen LogP contribution is -2.40. The van der Waals surface area contributed by atoms with Crippen molar-refractivity contribution in [3.8, 4) is 5.75 Å². The van der Waals surface area contributed by atoms with Crippen molar-refractivity contribution in [2.24, 2.45) is 0 Å². The molecular formula is C17H21FN2O4. The number of halogens is 1. The van der Waals surface area contributed by atoms with Crippen molar-refractivity contribution in [2.75, 3.05) is 18.5 Å². The number of aliphatic hydroxyl groups is 1. The molecule has 1 aromatic carbocycles. The van der Waals surface area contributed by atoms with Crippen molar-refractivity contribution < 1.29 is 23.4 Å². The summed E-state index contributed by atoms with van der Waals surface area (Å²) in [7, 11) is 0. The van der Waals surface area contributed by atoms with E-state index in [4.69, 9.17) is 9.15 Å². The summed E-state index contributed by atoms with van der Waals surface area (Å²) in [6.45, 7) is 3.81. The first-order chi connectivity index (χ1) is 11.4. The Hall–Kier alpha value is -2.54. The molecule has 2 rings (SSSR count). The zero-order valence-electron chi connectivity index (χ0n) is 13.6. The van der Waals surface area contributed by atoms with Gasteiger partial charge in [0.15, 0.2) is 0 Å². The fraction of sp³-hybridized carbons (Fsp3) is 0.353. The number of nitrogens with one attached hydrogen (secondary N) is 2. The number of furan rings is 1. The second kappa shape index (κ2) is 7.83. The van der Waals surface area contributed by atoms with Crippen LogP contribution in [0.3, 0.4) is 0 Å². The predicted molar refractivity (Wildman–Crippen MR) is 87.5 cm³/mol. The van der Waals surface area contributed by atoms with Crippen LogP contribution in [0.2, 0.25) is 0 Å². The van der Waals surface area contributed by atoms with E-state index in [-0.39, 0.29) is 12.3 Å². The molecule has 0 bridgehead atoms. The summed E-state index contributed by atoms with van der Waals surface area (Å²) < 4.78 is 23.9. The number of rotatable bonds is 7. The zero-order valence-corrected chi connectivity index (χ0v) is 13.6. The number of ether oxygens (including phenoxy) is 1. The van der Waals surface area contributed by atoms with Crippen LogP contribution >= 0.6 is 0 Å². The predicted octanol–water partition coefficient (Wildman–Crippen LogP) is 3.24. The second-order valence-corrected chi connectivity index (χ2v) is 5.55. The number of carbonyl (C=O) groups is 1. The van der Waals surface area contributed by atoms with Gasteiger partial charge in [0.25, 0.3) is 0 Å². The fourth-order valence-electron chi connectivity index (χ4n) is 2.02. The highest BCUT2D eigenvalue weighted by Crippen LogP contribution is 2.26. The minimum atomic E-state index is -1.34. The van der Waals surface area contributed by atoms with Gasteiger partial charge in [0.1, 0.15) is 22.9 Å². The van der Waals surface area contributed by atoms with E-state index in [0.29, 0.717) is 18.1 Å². The van der Waals surface area contributed by atoms with Crippen molar-refractivity contribution >= 4 is 11.7 Å². The Morgan fingerprint density at radius 1 is 1.42 bits per heavy atom. The maximum absolute atomic E-state index is 13.3. The van der Waals surface area contributed by atoms with Gasteiger partial charge in [0.05, 0.1) is 25.1 Å². The molecule has 0 aliphatic carbocycles. The standard InChI is InChI=1S/C17H21FN2O4/c1-3-8-23-14-10-12(18)6-7-13(14)20-16(21)19-11-17(2,22)15-5-4-9-24-15/h4-7,9-10,22H,3,8,11H2,1-2H3,(H2,19,20,21). The van der Waals surface area contributed by atoms with Gasteiger partial charge in [0.2, 0.25) is 0 Å². The summed E-state index contributed by atoms with van der Waals surface area (Å²) in [5.74, 6) is 0.147. The summed E-state index contributed by atoms with van der Waals surface area (Å²) in [6, 6.07) is 6.59. The number of benzene rings is 1. The number of hydrogen-bond acceptors (Lipinski definition) is 4. The van der Waals surface area contributed by atoms with E-state index < -0.39 is 17.4 Å². The molecule has 0 saturated heterocycles. The Bertz CT molecular complexity index is 671. The van der Waals surface area contributed by atoms with Crippen molar-refractivity contribution in [1.82, 2.24) is 5.32 Å². The van der Waals surface area contributed by atoms with Crippen LogP contribution in [0.25, 0.3) is 0 Å². The monoisotopic (exact) mass is 336 g/mol. The molecule has 7 heteroatoms. The molecule has 130 valence electrons. The number of hydrogen-bond donors (Lipinski definition) is 3. The van der Waals surface area contributed by atoms with Gasteiger partial charge in [-0.1, -0.05) is 6.92 Å². The first-order valence-electron chi connectivity index (χ1n) is 7.66. The molecule has 0 spiro atoms. The molecule has 24 heavy (non-hydrogen) atoms. The smallest absolute Gasteiger partial charge is 0.319 e. The first kappa shape index (κ1) is 17.8. The van der Waals surface area contributed by atoms with Gasteiger partial charge in [0, 0.05) is 6.07 Å².